The van der Waals surface area contributed by atoms with E-state index in [1.54, 1.807) is 23.1 Å². The second-order valence-electron chi connectivity index (χ2n) is 7.15. The number of benzene rings is 2. The second kappa shape index (κ2) is 8.67. The molecule has 0 radical (unpaired) electrons. The maximum absolute atomic E-state index is 13.1. The van der Waals surface area contributed by atoms with Crippen molar-refractivity contribution in [2.24, 2.45) is 0 Å². The van der Waals surface area contributed by atoms with Crippen molar-refractivity contribution in [3.05, 3.63) is 71.0 Å². The number of anilines is 2. The zero-order chi connectivity index (χ0) is 21.1. The molecule has 4 rings (SSSR count). The van der Waals surface area contributed by atoms with Crippen LogP contribution in [0.1, 0.15) is 5.56 Å². The highest BCUT2D eigenvalue weighted by Gasteiger charge is 2.22. The highest BCUT2D eigenvalue weighted by molar-refractivity contribution is 6.31. The lowest BCUT2D eigenvalue weighted by Crippen LogP contribution is -2.50. The summed E-state index contributed by atoms with van der Waals surface area (Å²) in [6, 6.07) is 15.3. The number of halogens is 2. The number of aryl methyl sites for hydroxylation is 1. The van der Waals surface area contributed by atoms with Gasteiger partial charge in [-0.25, -0.2) is 9.18 Å². The number of aromatic nitrogens is 2. The summed E-state index contributed by atoms with van der Waals surface area (Å²) < 4.78 is 13.1. The number of carbonyl (C=O) groups is 1. The molecule has 2 aromatic carbocycles. The first kappa shape index (κ1) is 20.1. The fourth-order valence-electron chi connectivity index (χ4n) is 3.28. The number of hydrogen-bond donors (Lipinski definition) is 1. The van der Waals surface area contributed by atoms with Crippen molar-refractivity contribution in [1.29, 1.82) is 0 Å². The molecule has 1 aromatic heterocycles. The van der Waals surface area contributed by atoms with Crippen LogP contribution < -0.4 is 10.2 Å². The van der Waals surface area contributed by atoms with Crippen LogP contribution in [0.4, 0.5) is 20.7 Å². The van der Waals surface area contributed by atoms with Gasteiger partial charge in [0.25, 0.3) is 0 Å². The Hall–Kier alpha value is -3.19. The second-order valence-corrected chi connectivity index (χ2v) is 7.56. The molecule has 0 aliphatic carbocycles. The zero-order valence-electron chi connectivity index (χ0n) is 16.5. The third-order valence-corrected chi connectivity index (χ3v) is 5.51. The van der Waals surface area contributed by atoms with Crippen molar-refractivity contribution in [3.63, 3.8) is 0 Å². The molecule has 1 saturated heterocycles. The van der Waals surface area contributed by atoms with E-state index < -0.39 is 0 Å². The highest BCUT2D eigenvalue weighted by atomic mass is 35.5. The molecule has 1 aliphatic heterocycles. The zero-order valence-corrected chi connectivity index (χ0v) is 17.2. The molecule has 154 valence electrons. The van der Waals surface area contributed by atoms with Crippen molar-refractivity contribution in [2.75, 3.05) is 36.4 Å². The van der Waals surface area contributed by atoms with Gasteiger partial charge in [0.2, 0.25) is 0 Å². The van der Waals surface area contributed by atoms with Gasteiger partial charge in [-0.1, -0.05) is 17.7 Å². The first-order valence-electron chi connectivity index (χ1n) is 9.66. The van der Waals surface area contributed by atoms with Gasteiger partial charge in [-0.05, 0) is 61.0 Å². The Labute approximate surface area is 179 Å². The van der Waals surface area contributed by atoms with Gasteiger partial charge in [-0.3, -0.25) is 0 Å². The van der Waals surface area contributed by atoms with Crippen LogP contribution in [-0.2, 0) is 0 Å². The van der Waals surface area contributed by atoms with Crippen LogP contribution >= 0.6 is 11.6 Å². The Balaban J connectivity index is 1.34. The van der Waals surface area contributed by atoms with Crippen LogP contribution in [0.5, 0.6) is 0 Å². The summed E-state index contributed by atoms with van der Waals surface area (Å²) in [6.07, 6.45) is 0. The Kier molecular flexibility index (Phi) is 5.81. The van der Waals surface area contributed by atoms with E-state index in [1.807, 2.05) is 31.2 Å². The molecule has 0 atom stereocenters. The normalized spacial score (nSPS) is 14.0. The lowest BCUT2D eigenvalue weighted by atomic mass is 10.1. The number of nitrogens with zero attached hydrogens (tertiary/aromatic N) is 4. The number of nitrogens with one attached hydrogen (secondary N) is 1. The van der Waals surface area contributed by atoms with Crippen LogP contribution in [0.15, 0.2) is 54.6 Å². The van der Waals surface area contributed by atoms with E-state index in [2.05, 4.69) is 20.4 Å². The quantitative estimate of drug-likeness (QED) is 0.666. The standard InChI is InChI=1S/C22H21ClFN5O/c1-15-2-7-18(14-19(15)23)25-22(30)29-12-10-28(11-13-29)21-9-8-20(26-27-21)16-3-5-17(24)6-4-16/h2-9,14H,10-13H2,1H3,(H,25,30). The lowest BCUT2D eigenvalue weighted by Gasteiger charge is -2.35. The van der Waals surface area contributed by atoms with Crippen molar-refractivity contribution in [2.45, 2.75) is 6.92 Å². The van der Waals surface area contributed by atoms with Gasteiger partial charge in [-0.2, -0.15) is 0 Å². The maximum Gasteiger partial charge on any atom is 0.321 e. The first-order valence-corrected chi connectivity index (χ1v) is 10.0. The monoisotopic (exact) mass is 425 g/mol. The number of carbonyl (C=O) groups excluding carboxylic acids is 1. The molecule has 1 fully saturated rings. The Morgan fingerprint density at radius 3 is 2.37 bits per heavy atom. The van der Waals surface area contributed by atoms with Crippen molar-refractivity contribution < 1.29 is 9.18 Å². The van der Waals surface area contributed by atoms with Gasteiger partial charge in [0, 0.05) is 42.5 Å². The molecular weight excluding hydrogens is 405 g/mol. The molecule has 0 spiro atoms. The summed E-state index contributed by atoms with van der Waals surface area (Å²) in [6.45, 7) is 4.39. The minimum absolute atomic E-state index is 0.146. The lowest BCUT2D eigenvalue weighted by molar-refractivity contribution is 0.208. The van der Waals surface area contributed by atoms with Gasteiger partial charge >= 0.3 is 6.03 Å². The van der Waals surface area contributed by atoms with Crippen molar-refractivity contribution in [3.8, 4) is 11.3 Å². The SMILES string of the molecule is Cc1ccc(NC(=O)N2CCN(c3ccc(-c4ccc(F)cc4)nn3)CC2)cc1Cl. The summed E-state index contributed by atoms with van der Waals surface area (Å²) in [5.41, 5.74) is 3.15. The van der Waals surface area contributed by atoms with Crippen molar-refractivity contribution >= 4 is 29.1 Å². The Morgan fingerprint density at radius 2 is 1.73 bits per heavy atom. The Bertz CT molecular complexity index is 1030. The summed E-state index contributed by atoms with van der Waals surface area (Å²) in [4.78, 5) is 16.4. The van der Waals surface area contributed by atoms with Crippen LogP contribution in [0.3, 0.4) is 0 Å². The minimum atomic E-state index is -0.282. The van der Waals surface area contributed by atoms with Crippen LogP contribution in [0, 0.1) is 12.7 Å². The molecule has 0 saturated carbocycles. The average molecular weight is 426 g/mol. The third-order valence-electron chi connectivity index (χ3n) is 5.10. The van der Waals surface area contributed by atoms with Crippen molar-refractivity contribution in [1.82, 2.24) is 15.1 Å². The molecular formula is C22H21ClFN5O. The molecule has 1 aliphatic rings. The number of urea groups is 1. The summed E-state index contributed by atoms with van der Waals surface area (Å²) >= 11 is 6.13. The maximum atomic E-state index is 13.1. The minimum Gasteiger partial charge on any atom is -0.352 e. The molecule has 6 nitrogen and oxygen atoms in total. The predicted octanol–water partition coefficient (Wildman–Crippen LogP) is 4.60. The molecule has 30 heavy (non-hydrogen) atoms. The molecule has 1 N–H and O–H groups in total. The first-order chi connectivity index (χ1) is 14.5. The van der Waals surface area contributed by atoms with Gasteiger partial charge < -0.3 is 15.1 Å². The number of hydrogen-bond acceptors (Lipinski definition) is 4. The van der Waals surface area contributed by atoms with E-state index in [0.29, 0.717) is 42.6 Å². The molecule has 2 heterocycles. The van der Waals surface area contributed by atoms with Crippen LogP contribution in [0.25, 0.3) is 11.3 Å². The highest BCUT2D eigenvalue weighted by Crippen LogP contribution is 2.22. The smallest absolute Gasteiger partial charge is 0.321 e. The fraction of sp³-hybridized carbons (Fsp3) is 0.227. The van der Waals surface area contributed by atoms with Gasteiger partial charge in [-0.15, -0.1) is 10.2 Å². The molecule has 0 unspecified atom stereocenters. The van der Waals surface area contributed by atoms with E-state index in [0.717, 1.165) is 16.9 Å². The van der Waals surface area contributed by atoms with Crippen LogP contribution in [-0.4, -0.2) is 47.3 Å². The summed E-state index contributed by atoms with van der Waals surface area (Å²) in [5, 5.41) is 12.1. The largest absolute Gasteiger partial charge is 0.352 e. The number of piperazine rings is 1. The van der Waals surface area contributed by atoms with E-state index in [1.165, 1.54) is 12.1 Å². The van der Waals surface area contributed by atoms with E-state index in [9.17, 15) is 9.18 Å². The van der Waals surface area contributed by atoms with Gasteiger partial charge in [0.05, 0.1) is 5.69 Å². The van der Waals surface area contributed by atoms with E-state index in [4.69, 9.17) is 11.6 Å². The predicted molar refractivity (Wildman–Crippen MR) is 116 cm³/mol. The molecule has 3 aromatic rings. The van der Waals surface area contributed by atoms with E-state index in [-0.39, 0.29) is 11.8 Å². The Morgan fingerprint density at radius 1 is 1.00 bits per heavy atom. The molecule has 2 amide bonds. The number of rotatable bonds is 3. The summed E-state index contributed by atoms with van der Waals surface area (Å²) in [5.74, 6) is 0.474. The average Bonchev–Trinajstić information content (AvgIpc) is 2.77. The van der Waals surface area contributed by atoms with Gasteiger partial charge in [0.15, 0.2) is 5.82 Å². The summed E-state index contributed by atoms with van der Waals surface area (Å²) in [7, 11) is 0. The third kappa shape index (κ3) is 4.52. The van der Waals surface area contributed by atoms with Crippen LogP contribution in [0.2, 0.25) is 5.02 Å². The molecule has 0 bridgehead atoms. The van der Waals surface area contributed by atoms with E-state index >= 15 is 0 Å². The topological polar surface area (TPSA) is 61.4 Å². The van der Waals surface area contributed by atoms with Gasteiger partial charge in [0.1, 0.15) is 5.82 Å². The fourth-order valence-corrected chi connectivity index (χ4v) is 3.46. The number of amides is 2. The molecule has 8 heteroatoms.